The van der Waals surface area contributed by atoms with E-state index in [1.807, 2.05) is 31.2 Å². The van der Waals surface area contributed by atoms with Crippen LogP contribution in [0.2, 0.25) is 5.02 Å². The average molecular weight is 343 g/mol. The number of nitrogens with zero attached hydrogens (tertiary/aromatic N) is 1. The highest BCUT2D eigenvalue weighted by molar-refractivity contribution is 6.31. The third-order valence-corrected chi connectivity index (χ3v) is 4.63. The largest absolute Gasteiger partial charge is 0.488 e. The lowest BCUT2D eigenvalue weighted by molar-refractivity contribution is 0.167. The molecule has 1 aromatic carbocycles. The Morgan fingerprint density at radius 3 is 3.04 bits per heavy atom. The van der Waals surface area contributed by atoms with E-state index in [0.717, 1.165) is 59.5 Å². The van der Waals surface area contributed by atoms with Crippen molar-refractivity contribution < 1.29 is 9.15 Å². The zero-order valence-electron chi connectivity index (χ0n) is 13.5. The van der Waals surface area contributed by atoms with Gasteiger partial charge in [0.2, 0.25) is 0 Å². The number of halogens is 1. The van der Waals surface area contributed by atoms with E-state index in [4.69, 9.17) is 20.8 Å². The van der Waals surface area contributed by atoms with Crippen LogP contribution in [0.15, 0.2) is 41.1 Å². The highest BCUT2D eigenvalue weighted by atomic mass is 35.5. The quantitative estimate of drug-likeness (QED) is 0.756. The predicted octanol–water partition coefficient (Wildman–Crippen LogP) is 4.59. The highest BCUT2D eigenvalue weighted by Gasteiger charge is 2.20. The maximum atomic E-state index is 6.37. The topological polar surface area (TPSA) is 47.3 Å². The number of benzene rings is 1. The molecule has 0 saturated carbocycles. The van der Waals surface area contributed by atoms with Crippen molar-refractivity contribution >= 4 is 22.7 Å². The van der Waals surface area contributed by atoms with Crippen LogP contribution in [0.4, 0.5) is 0 Å². The number of rotatable bonds is 3. The van der Waals surface area contributed by atoms with E-state index < -0.39 is 0 Å². The van der Waals surface area contributed by atoms with Crippen LogP contribution >= 0.6 is 11.6 Å². The van der Waals surface area contributed by atoms with Crippen LogP contribution in [0.1, 0.15) is 18.4 Å². The molecule has 0 spiro atoms. The van der Waals surface area contributed by atoms with Crippen LogP contribution in [0, 0.1) is 6.92 Å². The van der Waals surface area contributed by atoms with Crippen LogP contribution in [0.3, 0.4) is 0 Å². The van der Waals surface area contributed by atoms with Gasteiger partial charge in [-0.15, -0.1) is 0 Å². The number of hydrogen-bond donors (Lipinski definition) is 1. The molecule has 3 aromatic rings. The molecule has 1 aliphatic heterocycles. The van der Waals surface area contributed by atoms with E-state index in [2.05, 4.69) is 10.3 Å². The molecular weight excluding hydrogens is 324 g/mol. The molecule has 4 rings (SSSR count). The minimum atomic E-state index is 0.173. The summed E-state index contributed by atoms with van der Waals surface area (Å²) in [6, 6.07) is 7.69. The van der Waals surface area contributed by atoms with E-state index in [1.54, 1.807) is 12.5 Å². The molecule has 5 heteroatoms. The average Bonchev–Trinajstić information content (AvgIpc) is 3.07. The van der Waals surface area contributed by atoms with E-state index in [0.29, 0.717) is 5.02 Å². The highest BCUT2D eigenvalue weighted by Crippen LogP contribution is 2.39. The number of pyridine rings is 1. The van der Waals surface area contributed by atoms with Gasteiger partial charge in [-0.2, -0.15) is 0 Å². The Bertz CT molecular complexity index is 869. The third kappa shape index (κ3) is 2.87. The lowest BCUT2D eigenvalue weighted by Crippen LogP contribution is -2.37. The summed E-state index contributed by atoms with van der Waals surface area (Å²) < 4.78 is 12.0. The third-order valence-electron chi connectivity index (χ3n) is 4.41. The smallest absolute Gasteiger partial charge is 0.160 e. The van der Waals surface area contributed by atoms with Crippen LogP contribution in [-0.4, -0.2) is 24.2 Å². The van der Waals surface area contributed by atoms with Gasteiger partial charge in [-0.05, 0) is 50.1 Å². The Kier molecular flexibility index (Phi) is 4.17. The summed E-state index contributed by atoms with van der Waals surface area (Å²) in [4.78, 5) is 4.34. The second-order valence-corrected chi connectivity index (χ2v) is 6.62. The first-order chi connectivity index (χ1) is 11.7. The van der Waals surface area contributed by atoms with Crippen molar-refractivity contribution in [3.63, 3.8) is 0 Å². The molecule has 1 N–H and O–H groups in total. The molecular formula is C19H19ClN2O2. The van der Waals surface area contributed by atoms with Crippen molar-refractivity contribution in [2.24, 2.45) is 0 Å². The molecule has 2 aromatic heterocycles. The number of aromatic nitrogens is 1. The Morgan fingerprint density at radius 2 is 2.21 bits per heavy atom. The molecule has 24 heavy (non-hydrogen) atoms. The fourth-order valence-corrected chi connectivity index (χ4v) is 3.53. The van der Waals surface area contributed by atoms with Gasteiger partial charge in [-0.25, -0.2) is 0 Å². The van der Waals surface area contributed by atoms with Crippen LogP contribution in [0.25, 0.3) is 22.2 Å². The first-order valence-corrected chi connectivity index (χ1v) is 8.60. The minimum absolute atomic E-state index is 0.173. The Balaban J connectivity index is 1.83. The number of fused-ring (bicyclic) bond motifs is 1. The summed E-state index contributed by atoms with van der Waals surface area (Å²) in [5.41, 5.74) is 4.52. The fraction of sp³-hybridized carbons (Fsp3) is 0.316. The van der Waals surface area contributed by atoms with Crippen molar-refractivity contribution in [3.8, 4) is 16.9 Å². The number of furan rings is 1. The molecule has 0 bridgehead atoms. The van der Waals surface area contributed by atoms with Gasteiger partial charge < -0.3 is 14.5 Å². The normalized spacial score (nSPS) is 18.0. The second-order valence-electron chi connectivity index (χ2n) is 6.18. The Morgan fingerprint density at radius 1 is 1.29 bits per heavy atom. The second kappa shape index (κ2) is 6.46. The van der Waals surface area contributed by atoms with Crippen molar-refractivity contribution in [1.82, 2.24) is 10.3 Å². The molecule has 1 atom stereocenters. The molecule has 1 aliphatic rings. The zero-order valence-corrected chi connectivity index (χ0v) is 14.3. The van der Waals surface area contributed by atoms with Crippen LogP contribution < -0.4 is 10.1 Å². The zero-order chi connectivity index (χ0) is 16.5. The first kappa shape index (κ1) is 15.5. The molecule has 0 radical (unpaired) electrons. The van der Waals surface area contributed by atoms with E-state index in [-0.39, 0.29) is 6.10 Å². The summed E-state index contributed by atoms with van der Waals surface area (Å²) in [7, 11) is 0. The number of hydrogen-bond acceptors (Lipinski definition) is 4. The SMILES string of the molecule is Cc1cc(Cl)cc(-c2ccnc3ccoc23)c1O[C@H]1CCCNC1. The van der Waals surface area contributed by atoms with Crippen molar-refractivity contribution in [2.75, 3.05) is 13.1 Å². The predicted molar refractivity (Wildman–Crippen MR) is 95.7 cm³/mol. The van der Waals surface area contributed by atoms with Gasteiger partial charge in [-0.1, -0.05) is 11.6 Å². The number of piperidine rings is 1. The molecule has 0 aliphatic carbocycles. The van der Waals surface area contributed by atoms with Gasteiger partial charge in [0.05, 0.1) is 6.26 Å². The van der Waals surface area contributed by atoms with Crippen LogP contribution in [-0.2, 0) is 0 Å². The molecule has 124 valence electrons. The molecule has 0 amide bonds. The molecule has 4 nitrogen and oxygen atoms in total. The van der Waals surface area contributed by atoms with Gasteiger partial charge in [-0.3, -0.25) is 4.98 Å². The van der Waals surface area contributed by atoms with Crippen molar-refractivity contribution in [1.29, 1.82) is 0 Å². The molecule has 3 heterocycles. The fourth-order valence-electron chi connectivity index (χ4n) is 3.26. The number of nitrogens with one attached hydrogen (secondary N) is 1. The number of ether oxygens (including phenoxy) is 1. The van der Waals surface area contributed by atoms with E-state index in [9.17, 15) is 0 Å². The monoisotopic (exact) mass is 342 g/mol. The summed E-state index contributed by atoms with van der Waals surface area (Å²) in [5.74, 6) is 0.872. The summed E-state index contributed by atoms with van der Waals surface area (Å²) >= 11 is 6.33. The maximum absolute atomic E-state index is 6.37. The summed E-state index contributed by atoms with van der Waals surface area (Å²) in [5, 5.41) is 4.08. The Hall–Kier alpha value is -2.04. The maximum Gasteiger partial charge on any atom is 0.160 e. The summed E-state index contributed by atoms with van der Waals surface area (Å²) in [6.45, 7) is 3.96. The lowest BCUT2D eigenvalue weighted by atomic mass is 10.0. The lowest BCUT2D eigenvalue weighted by Gasteiger charge is -2.26. The first-order valence-electron chi connectivity index (χ1n) is 8.22. The van der Waals surface area contributed by atoms with Crippen molar-refractivity contribution in [3.05, 3.63) is 47.3 Å². The molecule has 1 saturated heterocycles. The minimum Gasteiger partial charge on any atom is -0.488 e. The Labute approximate surface area is 145 Å². The van der Waals surface area contributed by atoms with Gasteiger partial charge in [0, 0.05) is 35.0 Å². The molecule has 1 fully saturated rings. The van der Waals surface area contributed by atoms with E-state index >= 15 is 0 Å². The van der Waals surface area contributed by atoms with Gasteiger partial charge in [0.1, 0.15) is 17.4 Å². The van der Waals surface area contributed by atoms with Gasteiger partial charge in [0.15, 0.2) is 5.58 Å². The van der Waals surface area contributed by atoms with Crippen LogP contribution in [0.5, 0.6) is 5.75 Å². The van der Waals surface area contributed by atoms with E-state index in [1.165, 1.54) is 0 Å². The summed E-state index contributed by atoms with van der Waals surface area (Å²) in [6.07, 6.45) is 5.80. The van der Waals surface area contributed by atoms with Gasteiger partial charge >= 0.3 is 0 Å². The van der Waals surface area contributed by atoms with Gasteiger partial charge in [0.25, 0.3) is 0 Å². The number of aryl methyl sites for hydroxylation is 1. The van der Waals surface area contributed by atoms with Crippen molar-refractivity contribution in [2.45, 2.75) is 25.9 Å². The molecule has 0 unspecified atom stereocenters. The standard InChI is InChI=1S/C19H19ClN2O2/c1-12-9-13(20)10-16(18(12)24-14-3-2-6-21-11-14)15-4-7-22-17-5-8-23-19(15)17/h4-5,7-10,14,21H,2-3,6,11H2,1H3/t14-/m0/s1.